The number of benzene rings is 1. The van der Waals surface area contributed by atoms with E-state index in [1.807, 2.05) is 13.8 Å². The number of hydrogen-bond acceptors (Lipinski definition) is 4. The summed E-state index contributed by atoms with van der Waals surface area (Å²) in [5.74, 6) is -1.29. The Balaban J connectivity index is 2.69. The van der Waals surface area contributed by atoms with Gasteiger partial charge in [0.2, 0.25) is 0 Å². The van der Waals surface area contributed by atoms with Gasteiger partial charge in [0, 0.05) is 0 Å². The van der Waals surface area contributed by atoms with Crippen LogP contribution < -0.4 is 0 Å². The number of carboxylic acids is 1. The fourth-order valence-electron chi connectivity index (χ4n) is 1.79. The Hall–Kier alpha value is -1.40. The van der Waals surface area contributed by atoms with Crippen molar-refractivity contribution in [1.29, 1.82) is 0 Å². The molecule has 20 heavy (non-hydrogen) atoms. The van der Waals surface area contributed by atoms with Gasteiger partial charge in [-0.05, 0) is 31.5 Å². The molecule has 0 aliphatic heterocycles. The molecule has 0 saturated carbocycles. The molecule has 0 saturated heterocycles. The lowest BCUT2D eigenvalue weighted by atomic mass is 10.2. The standard InChI is InChI=1S/C14H20O5S/c1-3-5-11(2)19-8-9-20(17,18)13-7-4-6-12(10-13)14(15)16/h4,6-7,10-11H,3,5,8-9H2,1-2H3,(H,15,16). The van der Waals surface area contributed by atoms with E-state index in [-0.39, 0.29) is 28.9 Å². The molecule has 0 spiro atoms. The summed E-state index contributed by atoms with van der Waals surface area (Å²) in [4.78, 5) is 10.9. The highest BCUT2D eigenvalue weighted by Gasteiger charge is 2.16. The van der Waals surface area contributed by atoms with Crippen LogP contribution in [0.15, 0.2) is 29.2 Å². The molecule has 0 heterocycles. The van der Waals surface area contributed by atoms with E-state index < -0.39 is 15.8 Å². The predicted octanol–water partition coefficient (Wildman–Crippen LogP) is 2.36. The zero-order valence-electron chi connectivity index (χ0n) is 11.7. The molecule has 0 fully saturated rings. The van der Waals surface area contributed by atoms with E-state index in [2.05, 4.69) is 0 Å². The Morgan fingerprint density at radius 2 is 2.10 bits per heavy atom. The minimum absolute atomic E-state index is 0.0177. The molecule has 0 aromatic heterocycles. The molecule has 1 atom stereocenters. The number of carboxylic acid groups (broad SMARTS) is 1. The van der Waals surface area contributed by atoms with Gasteiger partial charge in [0.1, 0.15) is 0 Å². The first-order chi connectivity index (χ1) is 9.36. The van der Waals surface area contributed by atoms with Crippen LogP contribution in [0.3, 0.4) is 0 Å². The molecule has 0 radical (unpaired) electrons. The van der Waals surface area contributed by atoms with Crippen molar-refractivity contribution in [2.24, 2.45) is 0 Å². The van der Waals surface area contributed by atoms with E-state index in [0.717, 1.165) is 12.8 Å². The minimum Gasteiger partial charge on any atom is -0.478 e. The second kappa shape index (κ2) is 7.40. The van der Waals surface area contributed by atoms with Gasteiger partial charge in [-0.2, -0.15) is 0 Å². The number of rotatable bonds is 8. The average Bonchev–Trinajstić information content (AvgIpc) is 2.39. The molecule has 1 N–H and O–H groups in total. The summed E-state index contributed by atoms with van der Waals surface area (Å²) in [7, 11) is -3.52. The van der Waals surface area contributed by atoms with Gasteiger partial charge in [-0.25, -0.2) is 13.2 Å². The van der Waals surface area contributed by atoms with Crippen LogP contribution in [0.2, 0.25) is 0 Å². The molecule has 0 aliphatic rings. The van der Waals surface area contributed by atoms with E-state index in [9.17, 15) is 13.2 Å². The molecular formula is C14H20O5S. The van der Waals surface area contributed by atoms with Crippen LogP contribution in [-0.2, 0) is 14.6 Å². The van der Waals surface area contributed by atoms with Crippen molar-refractivity contribution in [1.82, 2.24) is 0 Å². The van der Waals surface area contributed by atoms with Crippen molar-refractivity contribution in [2.75, 3.05) is 12.4 Å². The molecule has 0 aliphatic carbocycles. The molecule has 0 amide bonds. The maximum atomic E-state index is 12.1. The average molecular weight is 300 g/mol. The first-order valence-corrected chi connectivity index (χ1v) is 8.19. The van der Waals surface area contributed by atoms with Gasteiger partial charge in [-0.3, -0.25) is 0 Å². The van der Waals surface area contributed by atoms with E-state index in [1.165, 1.54) is 24.3 Å². The second-order valence-electron chi connectivity index (χ2n) is 4.62. The van der Waals surface area contributed by atoms with Crippen LogP contribution in [0.4, 0.5) is 0 Å². The zero-order valence-corrected chi connectivity index (χ0v) is 12.5. The van der Waals surface area contributed by atoms with E-state index >= 15 is 0 Å². The quantitative estimate of drug-likeness (QED) is 0.797. The van der Waals surface area contributed by atoms with Gasteiger partial charge >= 0.3 is 5.97 Å². The van der Waals surface area contributed by atoms with Crippen molar-refractivity contribution in [3.8, 4) is 0 Å². The van der Waals surface area contributed by atoms with E-state index in [0.29, 0.717) is 0 Å². The van der Waals surface area contributed by atoms with Crippen LogP contribution in [-0.4, -0.2) is 38.0 Å². The van der Waals surface area contributed by atoms with Crippen LogP contribution >= 0.6 is 0 Å². The molecule has 1 rings (SSSR count). The van der Waals surface area contributed by atoms with Crippen molar-refractivity contribution in [2.45, 2.75) is 37.7 Å². The van der Waals surface area contributed by atoms with Crippen LogP contribution in [0.25, 0.3) is 0 Å². The summed E-state index contributed by atoms with van der Waals surface area (Å²) < 4.78 is 29.6. The third-order valence-electron chi connectivity index (χ3n) is 2.89. The molecule has 1 unspecified atom stereocenters. The lowest BCUT2D eigenvalue weighted by Crippen LogP contribution is -2.17. The summed E-state index contributed by atoms with van der Waals surface area (Å²) in [6, 6.07) is 5.36. The van der Waals surface area contributed by atoms with Crippen LogP contribution in [0.5, 0.6) is 0 Å². The third-order valence-corrected chi connectivity index (χ3v) is 4.57. The van der Waals surface area contributed by atoms with Gasteiger partial charge in [0.25, 0.3) is 0 Å². The topological polar surface area (TPSA) is 80.7 Å². The molecular weight excluding hydrogens is 280 g/mol. The van der Waals surface area contributed by atoms with Crippen molar-refractivity contribution in [3.63, 3.8) is 0 Å². The first-order valence-electron chi connectivity index (χ1n) is 6.54. The van der Waals surface area contributed by atoms with Crippen LogP contribution in [0, 0.1) is 0 Å². The Kier molecular flexibility index (Phi) is 6.16. The number of sulfone groups is 1. The van der Waals surface area contributed by atoms with Crippen molar-refractivity contribution < 1.29 is 23.1 Å². The third kappa shape index (κ3) is 4.94. The summed E-state index contributed by atoms with van der Waals surface area (Å²) in [5.41, 5.74) is -0.0358. The second-order valence-corrected chi connectivity index (χ2v) is 6.73. The lowest BCUT2D eigenvalue weighted by molar-refractivity contribution is 0.0696. The smallest absolute Gasteiger partial charge is 0.335 e. The van der Waals surface area contributed by atoms with Crippen LogP contribution in [0.1, 0.15) is 37.0 Å². The summed E-state index contributed by atoms with van der Waals surface area (Å²) in [6.07, 6.45) is 1.89. The SMILES string of the molecule is CCCC(C)OCCS(=O)(=O)c1cccc(C(=O)O)c1. The van der Waals surface area contributed by atoms with E-state index in [1.54, 1.807) is 0 Å². The fourth-order valence-corrected chi connectivity index (χ4v) is 2.93. The Morgan fingerprint density at radius 1 is 1.40 bits per heavy atom. The van der Waals surface area contributed by atoms with Gasteiger partial charge < -0.3 is 9.84 Å². The maximum Gasteiger partial charge on any atom is 0.335 e. The monoisotopic (exact) mass is 300 g/mol. The molecule has 1 aromatic carbocycles. The molecule has 112 valence electrons. The van der Waals surface area contributed by atoms with E-state index in [4.69, 9.17) is 9.84 Å². The predicted molar refractivity (Wildman–Crippen MR) is 75.8 cm³/mol. The highest BCUT2D eigenvalue weighted by atomic mass is 32.2. The Labute approximate surface area is 119 Å². The Bertz CT molecular complexity index is 550. The summed E-state index contributed by atoms with van der Waals surface area (Å²) in [6.45, 7) is 4.05. The number of carbonyl (C=O) groups is 1. The molecule has 1 aromatic rings. The highest BCUT2D eigenvalue weighted by molar-refractivity contribution is 7.91. The maximum absolute atomic E-state index is 12.1. The first kappa shape index (κ1) is 16.7. The minimum atomic E-state index is -3.52. The summed E-state index contributed by atoms with van der Waals surface area (Å²) >= 11 is 0. The normalized spacial score (nSPS) is 13.1. The van der Waals surface area contributed by atoms with Gasteiger partial charge in [-0.1, -0.05) is 19.4 Å². The highest BCUT2D eigenvalue weighted by Crippen LogP contribution is 2.14. The van der Waals surface area contributed by atoms with Gasteiger partial charge in [-0.15, -0.1) is 0 Å². The van der Waals surface area contributed by atoms with Gasteiger partial charge in [0.15, 0.2) is 9.84 Å². The lowest BCUT2D eigenvalue weighted by Gasteiger charge is -2.12. The molecule has 6 heteroatoms. The number of ether oxygens (including phenoxy) is 1. The number of aromatic carboxylic acids is 1. The summed E-state index contributed by atoms with van der Waals surface area (Å²) in [5, 5.41) is 8.86. The Morgan fingerprint density at radius 3 is 2.70 bits per heavy atom. The zero-order chi connectivity index (χ0) is 15.2. The molecule has 0 bridgehead atoms. The van der Waals surface area contributed by atoms with Crippen molar-refractivity contribution in [3.05, 3.63) is 29.8 Å². The van der Waals surface area contributed by atoms with Crippen molar-refractivity contribution >= 4 is 15.8 Å². The largest absolute Gasteiger partial charge is 0.478 e. The van der Waals surface area contributed by atoms with Gasteiger partial charge in [0.05, 0.1) is 28.9 Å². The fraction of sp³-hybridized carbons (Fsp3) is 0.500. The number of hydrogen-bond donors (Lipinski definition) is 1. The molecule has 5 nitrogen and oxygen atoms in total.